The maximum absolute atomic E-state index is 12.8. The summed E-state index contributed by atoms with van der Waals surface area (Å²) in [5, 5.41) is 10.3. The van der Waals surface area contributed by atoms with Crippen LogP contribution in [-0.2, 0) is 4.79 Å². The Bertz CT molecular complexity index is 624. The smallest absolute Gasteiger partial charge is 0.224 e. The monoisotopic (exact) mass is 357 g/mol. The highest BCUT2D eigenvalue weighted by molar-refractivity contribution is 5.82. The first-order valence-corrected chi connectivity index (χ1v) is 9.96. The van der Waals surface area contributed by atoms with E-state index in [9.17, 15) is 9.90 Å². The Hall–Kier alpha value is -1.61. The van der Waals surface area contributed by atoms with Gasteiger partial charge in [-0.15, -0.1) is 0 Å². The summed E-state index contributed by atoms with van der Waals surface area (Å²) in [7, 11) is 0. The molecule has 144 valence electrons. The number of allylic oxidation sites excluding steroid dienone is 4. The Balaban J connectivity index is 2.32. The molecule has 0 aromatic heterocycles. The van der Waals surface area contributed by atoms with Crippen LogP contribution < -0.4 is 0 Å². The second-order valence-corrected chi connectivity index (χ2v) is 8.21. The zero-order chi connectivity index (χ0) is 19.3. The van der Waals surface area contributed by atoms with Gasteiger partial charge in [0.25, 0.3) is 0 Å². The molecule has 1 unspecified atom stereocenters. The summed E-state index contributed by atoms with van der Waals surface area (Å²) in [5.41, 5.74) is 3.26. The number of nitrogens with zero attached hydrogens (tertiary/aromatic N) is 1. The first-order chi connectivity index (χ1) is 12.3. The fourth-order valence-electron chi connectivity index (χ4n) is 4.17. The Morgan fingerprint density at radius 1 is 1.42 bits per heavy atom. The fraction of sp³-hybridized carbons (Fsp3) is 0.609. The van der Waals surface area contributed by atoms with E-state index in [2.05, 4.69) is 46.4 Å². The van der Waals surface area contributed by atoms with Crippen LogP contribution in [0.5, 0.6) is 0 Å². The summed E-state index contributed by atoms with van der Waals surface area (Å²) in [6, 6.07) is 0.000327. The minimum absolute atomic E-state index is 0.000327. The molecular formula is C23H35NO2. The van der Waals surface area contributed by atoms with Gasteiger partial charge in [0.05, 0.1) is 12.1 Å². The van der Waals surface area contributed by atoms with Gasteiger partial charge in [0.1, 0.15) is 0 Å². The van der Waals surface area contributed by atoms with Crippen LogP contribution in [0.15, 0.2) is 47.6 Å². The highest BCUT2D eigenvalue weighted by Crippen LogP contribution is 2.50. The van der Waals surface area contributed by atoms with Gasteiger partial charge in [0.2, 0.25) is 5.91 Å². The normalized spacial score (nSPS) is 29.0. The number of aliphatic hydroxyl groups is 1. The number of aliphatic hydroxyl groups excluding tert-OH is 1. The lowest BCUT2D eigenvalue weighted by atomic mass is 9.67. The molecule has 1 amide bonds. The molecule has 0 aromatic rings. The van der Waals surface area contributed by atoms with E-state index in [1.165, 1.54) is 11.1 Å². The Morgan fingerprint density at radius 2 is 2.15 bits per heavy atom. The summed E-state index contributed by atoms with van der Waals surface area (Å²) in [5.74, 6) is 0.195. The van der Waals surface area contributed by atoms with Gasteiger partial charge in [-0.3, -0.25) is 4.79 Å². The maximum atomic E-state index is 12.8. The number of amides is 1. The molecule has 1 spiro atoms. The molecular weight excluding hydrogens is 322 g/mol. The van der Waals surface area contributed by atoms with Crippen molar-refractivity contribution in [2.24, 2.45) is 5.41 Å². The fourth-order valence-corrected chi connectivity index (χ4v) is 4.17. The van der Waals surface area contributed by atoms with Crippen molar-refractivity contribution >= 4 is 5.91 Å². The molecule has 3 nitrogen and oxygen atoms in total. The van der Waals surface area contributed by atoms with E-state index in [4.69, 9.17) is 0 Å². The zero-order valence-electron chi connectivity index (χ0n) is 16.9. The molecule has 0 aromatic carbocycles. The lowest BCUT2D eigenvalue weighted by Crippen LogP contribution is -2.43. The van der Waals surface area contributed by atoms with Gasteiger partial charge in [-0.1, -0.05) is 55.4 Å². The molecule has 1 heterocycles. The number of rotatable bonds is 7. The molecule has 3 heteroatoms. The van der Waals surface area contributed by atoms with E-state index in [-0.39, 0.29) is 17.4 Å². The SMILES string of the molecule is C=C1C=C[C@@H](O)CC12CC(=O)N(CCCC)[C@@H]2/C=C(\C)CCC=C(C)C. The highest BCUT2D eigenvalue weighted by Gasteiger charge is 2.53. The van der Waals surface area contributed by atoms with Crippen molar-refractivity contribution < 1.29 is 9.90 Å². The van der Waals surface area contributed by atoms with E-state index in [0.717, 1.165) is 37.8 Å². The largest absolute Gasteiger partial charge is 0.389 e. The summed E-state index contributed by atoms with van der Waals surface area (Å²) in [6.45, 7) is 13.6. The van der Waals surface area contributed by atoms with Crippen LogP contribution in [0.2, 0.25) is 0 Å². The topological polar surface area (TPSA) is 40.5 Å². The Kier molecular flexibility index (Phi) is 7.05. The molecule has 1 aliphatic carbocycles. The van der Waals surface area contributed by atoms with E-state index < -0.39 is 6.10 Å². The molecule has 2 aliphatic rings. The van der Waals surface area contributed by atoms with Crippen molar-refractivity contribution in [2.75, 3.05) is 6.54 Å². The molecule has 1 N–H and O–H groups in total. The van der Waals surface area contributed by atoms with Crippen molar-refractivity contribution in [3.05, 3.63) is 47.6 Å². The average molecular weight is 358 g/mol. The third-order valence-electron chi connectivity index (χ3n) is 5.71. The molecule has 0 bridgehead atoms. The first kappa shape index (κ1) is 20.7. The predicted octanol–water partition coefficient (Wildman–Crippen LogP) is 4.94. The zero-order valence-corrected chi connectivity index (χ0v) is 16.9. The van der Waals surface area contributed by atoms with Gasteiger partial charge in [0.15, 0.2) is 0 Å². The maximum Gasteiger partial charge on any atom is 0.224 e. The van der Waals surface area contributed by atoms with Crippen LogP contribution in [0.4, 0.5) is 0 Å². The van der Waals surface area contributed by atoms with Crippen molar-refractivity contribution in [1.82, 2.24) is 4.90 Å². The minimum atomic E-state index is -0.499. The lowest BCUT2D eigenvalue weighted by Gasteiger charge is -2.40. The standard InChI is InChI=1S/C23H35NO2/c1-6-7-13-24-21(14-18(4)10-8-9-17(2)3)23(16-22(24)26)15-20(25)12-11-19(23)5/h9,11-12,14,20-21,25H,5-8,10,13,15-16H2,1-4H3/b18-14+/t20-,21-,23?/m1/s1. The molecule has 1 aliphatic heterocycles. The third kappa shape index (κ3) is 4.56. The summed E-state index contributed by atoms with van der Waals surface area (Å²) < 4.78 is 0. The molecule has 3 atom stereocenters. The summed E-state index contributed by atoms with van der Waals surface area (Å²) in [4.78, 5) is 14.9. The summed E-state index contributed by atoms with van der Waals surface area (Å²) in [6.07, 6.45) is 12.9. The van der Waals surface area contributed by atoms with Crippen molar-refractivity contribution in [2.45, 2.75) is 78.4 Å². The molecule has 0 radical (unpaired) electrons. The Labute approximate surface area is 159 Å². The average Bonchev–Trinajstić information content (AvgIpc) is 2.81. The van der Waals surface area contributed by atoms with Crippen LogP contribution in [0.1, 0.15) is 66.2 Å². The molecule has 1 saturated heterocycles. The van der Waals surface area contributed by atoms with Crippen LogP contribution in [0, 0.1) is 5.41 Å². The first-order valence-electron chi connectivity index (χ1n) is 9.96. The van der Waals surface area contributed by atoms with Crippen molar-refractivity contribution in [1.29, 1.82) is 0 Å². The molecule has 2 rings (SSSR count). The lowest BCUT2D eigenvalue weighted by molar-refractivity contribution is -0.128. The molecule has 26 heavy (non-hydrogen) atoms. The quantitative estimate of drug-likeness (QED) is 0.655. The van der Waals surface area contributed by atoms with E-state index >= 15 is 0 Å². The van der Waals surface area contributed by atoms with Gasteiger partial charge in [-0.05, 0) is 52.0 Å². The number of likely N-dealkylation sites (tertiary alicyclic amines) is 1. The molecule has 0 saturated carbocycles. The second kappa shape index (κ2) is 8.85. The van der Waals surface area contributed by atoms with Gasteiger partial charge >= 0.3 is 0 Å². The predicted molar refractivity (Wildman–Crippen MR) is 109 cm³/mol. The van der Waals surface area contributed by atoms with Crippen LogP contribution in [0.25, 0.3) is 0 Å². The highest BCUT2D eigenvalue weighted by atomic mass is 16.3. The second-order valence-electron chi connectivity index (χ2n) is 8.21. The number of unbranched alkanes of at least 4 members (excludes halogenated alkanes) is 1. The van der Waals surface area contributed by atoms with Gasteiger partial charge < -0.3 is 10.0 Å². The van der Waals surface area contributed by atoms with Gasteiger partial charge in [0, 0.05) is 18.4 Å². The van der Waals surface area contributed by atoms with Crippen molar-refractivity contribution in [3.63, 3.8) is 0 Å². The Morgan fingerprint density at radius 3 is 2.81 bits per heavy atom. The van der Waals surface area contributed by atoms with Crippen LogP contribution >= 0.6 is 0 Å². The number of carbonyl (C=O) groups excluding carboxylic acids is 1. The van der Waals surface area contributed by atoms with Crippen LogP contribution in [0.3, 0.4) is 0 Å². The minimum Gasteiger partial charge on any atom is -0.389 e. The number of hydrogen-bond acceptors (Lipinski definition) is 2. The van der Waals surface area contributed by atoms with E-state index in [1.807, 2.05) is 11.0 Å². The number of hydrogen-bond donors (Lipinski definition) is 1. The summed E-state index contributed by atoms with van der Waals surface area (Å²) >= 11 is 0. The van der Waals surface area contributed by atoms with E-state index in [1.54, 1.807) is 6.08 Å². The van der Waals surface area contributed by atoms with Gasteiger partial charge in [-0.2, -0.15) is 0 Å². The molecule has 1 fully saturated rings. The van der Waals surface area contributed by atoms with Gasteiger partial charge in [-0.25, -0.2) is 0 Å². The van der Waals surface area contributed by atoms with Crippen LogP contribution in [-0.4, -0.2) is 34.6 Å². The van der Waals surface area contributed by atoms with E-state index in [0.29, 0.717) is 12.8 Å². The number of carbonyl (C=O) groups is 1. The van der Waals surface area contributed by atoms with Crippen molar-refractivity contribution in [3.8, 4) is 0 Å². The third-order valence-corrected chi connectivity index (χ3v) is 5.71.